The van der Waals surface area contributed by atoms with Crippen LogP contribution in [-0.2, 0) is 17.9 Å². The molecule has 1 aromatic carbocycles. The van der Waals surface area contributed by atoms with E-state index in [1.54, 1.807) is 12.4 Å². The number of carbonyl (C=O) groups excluding carboxylic acids is 1. The highest BCUT2D eigenvalue weighted by molar-refractivity contribution is 5.82. The fourth-order valence-electron chi connectivity index (χ4n) is 3.28. The molecule has 0 aliphatic carbocycles. The molecule has 1 atom stereocenters. The van der Waals surface area contributed by atoms with E-state index in [9.17, 15) is 4.79 Å². The smallest absolute Gasteiger partial charge is 0.239 e. The summed E-state index contributed by atoms with van der Waals surface area (Å²) in [5.74, 6) is -0.364. The van der Waals surface area contributed by atoms with Gasteiger partial charge >= 0.3 is 0 Å². The first-order chi connectivity index (χ1) is 13.0. The summed E-state index contributed by atoms with van der Waals surface area (Å²) in [4.78, 5) is 23.0. The van der Waals surface area contributed by atoms with Gasteiger partial charge in [-0.05, 0) is 48.2 Å². The average molecular weight is 360 g/mol. The SMILES string of the molecule is Cc1ccc(C)c(C(C(N)=O)N(Cc2cccnc2)Cc2cccnc2)c1. The first-order valence-electron chi connectivity index (χ1n) is 8.93. The first kappa shape index (κ1) is 18.7. The van der Waals surface area contributed by atoms with Crippen LogP contribution in [0.15, 0.2) is 67.3 Å². The minimum Gasteiger partial charge on any atom is -0.368 e. The van der Waals surface area contributed by atoms with Crippen molar-refractivity contribution >= 4 is 5.91 Å². The number of hydrogen-bond donors (Lipinski definition) is 1. The molecule has 3 rings (SSSR count). The number of carbonyl (C=O) groups is 1. The summed E-state index contributed by atoms with van der Waals surface area (Å²) in [5, 5.41) is 0. The van der Waals surface area contributed by atoms with Crippen molar-refractivity contribution < 1.29 is 4.79 Å². The third-order valence-electron chi connectivity index (χ3n) is 4.58. The second-order valence-electron chi connectivity index (χ2n) is 6.79. The van der Waals surface area contributed by atoms with E-state index in [2.05, 4.69) is 14.9 Å². The van der Waals surface area contributed by atoms with Crippen molar-refractivity contribution in [2.75, 3.05) is 0 Å². The van der Waals surface area contributed by atoms with Gasteiger partial charge < -0.3 is 5.73 Å². The molecule has 0 aliphatic rings. The van der Waals surface area contributed by atoms with Gasteiger partial charge in [-0.15, -0.1) is 0 Å². The number of primary amides is 1. The highest BCUT2D eigenvalue weighted by Crippen LogP contribution is 2.28. The Bertz CT molecular complexity index is 855. The lowest BCUT2D eigenvalue weighted by atomic mass is 9.96. The Labute approximate surface area is 159 Å². The van der Waals surface area contributed by atoms with Crippen LogP contribution in [0.2, 0.25) is 0 Å². The number of rotatable bonds is 7. The Balaban J connectivity index is 2.02. The molecule has 0 fully saturated rings. The van der Waals surface area contributed by atoms with E-state index >= 15 is 0 Å². The van der Waals surface area contributed by atoms with Crippen LogP contribution in [0, 0.1) is 13.8 Å². The molecule has 2 aromatic heterocycles. The van der Waals surface area contributed by atoms with Crippen molar-refractivity contribution in [1.82, 2.24) is 14.9 Å². The summed E-state index contributed by atoms with van der Waals surface area (Å²) in [6, 6.07) is 13.4. The second kappa shape index (κ2) is 8.56. The maximum atomic E-state index is 12.5. The molecule has 1 amide bonds. The molecular formula is C22H24N4O. The van der Waals surface area contributed by atoms with Crippen molar-refractivity contribution in [3.8, 4) is 0 Å². The zero-order valence-corrected chi connectivity index (χ0v) is 15.7. The molecule has 2 N–H and O–H groups in total. The van der Waals surface area contributed by atoms with E-state index in [1.807, 2.05) is 68.7 Å². The fraction of sp³-hybridized carbons (Fsp3) is 0.227. The summed E-state index contributed by atoms with van der Waals surface area (Å²) in [7, 11) is 0. The van der Waals surface area contributed by atoms with Gasteiger partial charge in [0.25, 0.3) is 0 Å². The number of nitrogens with two attached hydrogens (primary N) is 1. The number of aromatic nitrogens is 2. The lowest BCUT2D eigenvalue weighted by Crippen LogP contribution is -2.37. The Morgan fingerprint density at radius 3 is 2.07 bits per heavy atom. The van der Waals surface area contributed by atoms with E-state index in [-0.39, 0.29) is 5.91 Å². The maximum absolute atomic E-state index is 12.5. The third kappa shape index (κ3) is 4.77. The normalized spacial score (nSPS) is 12.1. The van der Waals surface area contributed by atoms with Crippen LogP contribution in [0.1, 0.15) is 33.9 Å². The Hall–Kier alpha value is -3.05. The van der Waals surface area contributed by atoms with Crippen molar-refractivity contribution in [3.63, 3.8) is 0 Å². The zero-order chi connectivity index (χ0) is 19.2. The standard InChI is InChI=1S/C22H24N4O/c1-16-7-8-17(2)20(11-16)21(22(23)27)26(14-18-5-3-9-24-12-18)15-19-6-4-10-25-13-19/h3-13,21H,14-15H2,1-2H3,(H2,23,27). The molecular weight excluding hydrogens is 336 g/mol. The third-order valence-corrected chi connectivity index (χ3v) is 4.58. The largest absolute Gasteiger partial charge is 0.368 e. The van der Waals surface area contributed by atoms with Gasteiger partial charge in [0.1, 0.15) is 6.04 Å². The van der Waals surface area contributed by atoms with Crippen LogP contribution in [-0.4, -0.2) is 20.8 Å². The van der Waals surface area contributed by atoms with Crippen molar-refractivity contribution in [1.29, 1.82) is 0 Å². The molecule has 3 aromatic rings. The van der Waals surface area contributed by atoms with Gasteiger partial charge in [0, 0.05) is 37.9 Å². The van der Waals surface area contributed by atoms with E-state index < -0.39 is 6.04 Å². The average Bonchev–Trinajstić information content (AvgIpc) is 2.66. The van der Waals surface area contributed by atoms with Crippen LogP contribution >= 0.6 is 0 Å². The quantitative estimate of drug-likeness (QED) is 0.701. The maximum Gasteiger partial charge on any atom is 0.239 e. The molecule has 0 aliphatic heterocycles. The Kier molecular flexibility index (Phi) is 5.94. The van der Waals surface area contributed by atoms with E-state index in [0.717, 1.165) is 27.8 Å². The monoisotopic (exact) mass is 360 g/mol. The highest BCUT2D eigenvalue weighted by Gasteiger charge is 2.27. The lowest BCUT2D eigenvalue weighted by Gasteiger charge is -2.31. The van der Waals surface area contributed by atoms with Gasteiger partial charge in [-0.2, -0.15) is 0 Å². The molecule has 0 radical (unpaired) electrons. The lowest BCUT2D eigenvalue weighted by molar-refractivity contribution is -0.124. The van der Waals surface area contributed by atoms with Gasteiger partial charge in [-0.25, -0.2) is 0 Å². The number of hydrogen-bond acceptors (Lipinski definition) is 4. The molecule has 2 heterocycles. The Morgan fingerprint density at radius 2 is 1.59 bits per heavy atom. The molecule has 5 heteroatoms. The molecule has 138 valence electrons. The molecule has 0 bridgehead atoms. The number of pyridine rings is 2. The fourth-order valence-corrected chi connectivity index (χ4v) is 3.28. The topological polar surface area (TPSA) is 72.1 Å². The predicted molar refractivity (Wildman–Crippen MR) is 106 cm³/mol. The van der Waals surface area contributed by atoms with Gasteiger partial charge in [0.05, 0.1) is 0 Å². The van der Waals surface area contributed by atoms with Gasteiger partial charge in [0.2, 0.25) is 5.91 Å². The minimum atomic E-state index is -0.537. The summed E-state index contributed by atoms with van der Waals surface area (Å²) < 4.78 is 0. The van der Waals surface area contributed by atoms with Crippen molar-refractivity contribution in [3.05, 3.63) is 95.1 Å². The molecule has 27 heavy (non-hydrogen) atoms. The van der Waals surface area contributed by atoms with E-state index in [1.165, 1.54) is 0 Å². The predicted octanol–water partition coefficient (Wildman–Crippen LogP) is 3.32. The molecule has 0 saturated carbocycles. The summed E-state index contributed by atoms with van der Waals surface area (Å²) in [5.41, 5.74) is 11.0. The highest BCUT2D eigenvalue weighted by atomic mass is 16.1. The number of amides is 1. The molecule has 5 nitrogen and oxygen atoms in total. The minimum absolute atomic E-state index is 0.364. The van der Waals surface area contributed by atoms with E-state index in [0.29, 0.717) is 13.1 Å². The zero-order valence-electron chi connectivity index (χ0n) is 15.7. The van der Waals surface area contributed by atoms with Crippen molar-refractivity contribution in [2.24, 2.45) is 5.73 Å². The van der Waals surface area contributed by atoms with Crippen LogP contribution in [0.25, 0.3) is 0 Å². The van der Waals surface area contributed by atoms with Gasteiger partial charge in [-0.3, -0.25) is 19.7 Å². The number of benzene rings is 1. The first-order valence-corrected chi connectivity index (χ1v) is 8.93. The van der Waals surface area contributed by atoms with Gasteiger partial charge in [0.15, 0.2) is 0 Å². The second-order valence-corrected chi connectivity index (χ2v) is 6.79. The van der Waals surface area contributed by atoms with Crippen LogP contribution < -0.4 is 5.73 Å². The summed E-state index contributed by atoms with van der Waals surface area (Å²) in [6.45, 7) is 5.15. The van der Waals surface area contributed by atoms with Crippen LogP contribution in [0.3, 0.4) is 0 Å². The molecule has 0 spiro atoms. The van der Waals surface area contributed by atoms with Crippen LogP contribution in [0.4, 0.5) is 0 Å². The number of aryl methyl sites for hydroxylation is 2. The number of nitrogens with zero attached hydrogens (tertiary/aromatic N) is 3. The van der Waals surface area contributed by atoms with Crippen molar-refractivity contribution in [2.45, 2.75) is 33.0 Å². The molecule has 1 unspecified atom stereocenters. The van der Waals surface area contributed by atoms with Gasteiger partial charge in [-0.1, -0.05) is 35.9 Å². The summed E-state index contributed by atoms with van der Waals surface area (Å²) in [6.07, 6.45) is 7.12. The molecule has 0 saturated heterocycles. The summed E-state index contributed by atoms with van der Waals surface area (Å²) >= 11 is 0. The van der Waals surface area contributed by atoms with E-state index in [4.69, 9.17) is 5.73 Å². The Morgan fingerprint density at radius 1 is 1.00 bits per heavy atom. The van der Waals surface area contributed by atoms with Crippen LogP contribution in [0.5, 0.6) is 0 Å².